The van der Waals surface area contributed by atoms with Crippen molar-refractivity contribution in [2.24, 2.45) is 11.1 Å². The molecule has 116 valence electrons. The molecule has 0 aliphatic heterocycles. The highest BCUT2D eigenvalue weighted by molar-refractivity contribution is 6.36. The van der Waals surface area contributed by atoms with Crippen molar-refractivity contribution in [3.63, 3.8) is 0 Å². The molecule has 6 nitrogen and oxygen atoms in total. The number of nitrogens with one attached hydrogen (secondary N) is 1. The summed E-state index contributed by atoms with van der Waals surface area (Å²) in [4.78, 5) is 35.5. The van der Waals surface area contributed by atoms with Gasteiger partial charge in [-0.15, -0.1) is 0 Å². The Morgan fingerprint density at radius 3 is 2.15 bits per heavy atom. The van der Waals surface area contributed by atoms with Crippen LogP contribution in [0.25, 0.3) is 0 Å². The van der Waals surface area contributed by atoms with Crippen molar-refractivity contribution >= 4 is 18.2 Å². The first-order chi connectivity index (χ1) is 9.02. The third-order valence-electron chi connectivity index (χ3n) is 2.61. The fourth-order valence-electron chi connectivity index (χ4n) is 2.33. The molecule has 6 heteroatoms. The average molecular weight is 285 g/mol. The van der Waals surface area contributed by atoms with Gasteiger partial charge in [-0.05, 0) is 38.6 Å². The molecule has 0 spiro atoms. The minimum absolute atomic E-state index is 0.0176. The van der Waals surface area contributed by atoms with Gasteiger partial charge in [0.1, 0.15) is 0 Å². The van der Waals surface area contributed by atoms with Gasteiger partial charge in [0.25, 0.3) is 0 Å². The Morgan fingerprint density at radius 2 is 1.75 bits per heavy atom. The number of amides is 3. The smallest absolute Gasteiger partial charge is 0.318 e. The van der Waals surface area contributed by atoms with Crippen LogP contribution < -0.4 is 11.1 Å². The standard InChI is InChI=1S/C14H27N3O3/c1-13(2,3)9-14(4,5)16-11(19)12(20)17(10-18)8-6-7-15/h10H,6-9,15H2,1-5H3,(H,16,19). The summed E-state index contributed by atoms with van der Waals surface area (Å²) < 4.78 is 0. The Labute approximate surface area is 121 Å². The fraction of sp³-hybridized carbons (Fsp3) is 0.786. The second-order valence-corrected chi connectivity index (χ2v) is 6.82. The van der Waals surface area contributed by atoms with E-state index in [-0.39, 0.29) is 12.0 Å². The maximum atomic E-state index is 11.9. The van der Waals surface area contributed by atoms with E-state index in [0.29, 0.717) is 25.8 Å². The Morgan fingerprint density at radius 1 is 1.20 bits per heavy atom. The molecule has 0 bridgehead atoms. The Balaban J connectivity index is 4.65. The van der Waals surface area contributed by atoms with E-state index < -0.39 is 17.4 Å². The molecule has 3 amide bonds. The van der Waals surface area contributed by atoms with Crippen molar-refractivity contribution in [1.29, 1.82) is 0 Å². The van der Waals surface area contributed by atoms with Gasteiger partial charge < -0.3 is 11.1 Å². The first-order valence-electron chi connectivity index (χ1n) is 6.81. The van der Waals surface area contributed by atoms with E-state index in [1.165, 1.54) is 0 Å². The lowest BCUT2D eigenvalue weighted by Crippen LogP contribution is -2.52. The Hall–Kier alpha value is -1.43. The topological polar surface area (TPSA) is 92.5 Å². The maximum absolute atomic E-state index is 11.9. The maximum Gasteiger partial charge on any atom is 0.318 e. The van der Waals surface area contributed by atoms with Crippen molar-refractivity contribution in [3.05, 3.63) is 0 Å². The summed E-state index contributed by atoms with van der Waals surface area (Å²) in [6.45, 7) is 10.4. The van der Waals surface area contributed by atoms with Gasteiger partial charge in [-0.2, -0.15) is 0 Å². The summed E-state index contributed by atoms with van der Waals surface area (Å²) in [6.07, 6.45) is 1.56. The molecule has 0 unspecified atom stereocenters. The number of imide groups is 1. The molecule has 3 N–H and O–H groups in total. The molecule has 0 aliphatic rings. The number of nitrogens with two attached hydrogens (primary N) is 1. The van der Waals surface area contributed by atoms with Gasteiger partial charge >= 0.3 is 11.8 Å². The third kappa shape index (κ3) is 7.23. The number of hydrogen-bond donors (Lipinski definition) is 2. The molecule has 0 aromatic carbocycles. The lowest BCUT2D eigenvalue weighted by Gasteiger charge is -2.33. The highest BCUT2D eigenvalue weighted by atomic mass is 16.2. The second-order valence-electron chi connectivity index (χ2n) is 6.82. The summed E-state index contributed by atoms with van der Waals surface area (Å²) in [5.74, 6) is -1.60. The molecule has 0 saturated heterocycles. The predicted octanol–water partition coefficient (Wildman–Crippen LogP) is 0.651. The van der Waals surface area contributed by atoms with Crippen LogP contribution in [0.5, 0.6) is 0 Å². The lowest BCUT2D eigenvalue weighted by atomic mass is 9.82. The van der Waals surface area contributed by atoms with E-state index in [1.54, 1.807) is 0 Å². The van der Waals surface area contributed by atoms with Crippen LogP contribution in [0.15, 0.2) is 0 Å². The van der Waals surface area contributed by atoms with Gasteiger partial charge in [0, 0.05) is 12.1 Å². The van der Waals surface area contributed by atoms with Crippen LogP contribution in [0.4, 0.5) is 0 Å². The Bertz CT molecular complexity index is 359. The second kappa shape index (κ2) is 7.38. The average Bonchev–Trinajstić information content (AvgIpc) is 2.25. The molecular formula is C14H27N3O3. The van der Waals surface area contributed by atoms with Gasteiger partial charge in [-0.3, -0.25) is 19.3 Å². The summed E-state index contributed by atoms with van der Waals surface area (Å²) in [5, 5.41) is 2.68. The summed E-state index contributed by atoms with van der Waals surface area (Å²) in [5.41, 5.74) is 4.82. The SMILES string of the molecule is CC(C)(C)CC(C)(C)NC(=O)C(=O)N(C=O)CCCN. The quantitative estimate of drug-likeness (QED) is 0.553. The highest BCUT2D eigenvalue weighted by Crippen LogP contribution is 2.26. The molecule has 0 aromatic rings. The monoisotopic (exact) mass is 285 g/mol. The van der Waals surface area contributed by atoms with E-state index in [1.807, 2.05) is 13.8 Å². The van der Waals surface area contributed by atoms with Gasteiger partial charge in [0.15, 0.2) is 0 Å². The fourth-order valence-corrected chi connectivity index (χ4v) is 2.33. The molecule has 0 radical (unpaired) electrons. The van der Waals surface area contributed by atoms with Gasteiger partial charge in [0.05, 0.1) is 0 Å². The number of carbonyl (C=O) groups excluding carboxylic acids is 3. The minimum Gasteiger partial charge on any atom is -0.343 e. The molecule has 0 fully saturated rings. The van der Waals surface area contributed by atoms with Crippen LogP contribution in [0.2, 0.25) is 0 Å². The van der Waals surface area contributed by atoms with Crippen molar-refractivity contribution in [3.8, 4) is 0 Å². The van der Waals surface area contributed by atoms with Gasteiger partial charge in [0.2, 0.25) is 6.41 Å². The van der Waals surface area contributed by atoms with Crippen molar-refractivity contribution in [1.82, 2.24) is 10.2 Å². The zero-order valence-electron chi connectivity index (χ0n) is 13.2. The number of rotatable bonds is 6. The van der Waals surface area contributed by atoms with E-state index in [2.05, 4.69) is 26.1 Å². The third-order valence-corrected chi connectivity index (χ3v) is 2.61. The van der Waals surface area contributed by atoms with Crippen molar-refractivity contribution in [2.75, 3.05) is 13.1 Å². The lowest BCUT2D eigenvalue weighted by molar-refractivity contribution is -0.149. The molecule has 20 heavy (non-hydrogen) atoms. The molecule has 0 rings (SSSR count). The summed E-state index contributed by atoms with van der Waals surface area (Å²) >= 11 is 0. The van der Waals surface area contributed by atoms with Crippen LogP contribution in [0.3, 0.4) is 0 Å². The molecule has 0 aromatic heterocycles. The minimum atomic E-state index is -0.838. The van der Waals surface area contributed by atoms with E-state index in [0.717, 1.165) is 4.90 Å². The highest BCUT2D eigenvalue weighted by Gasteiger charge is 2.30. The molecule has 0 atom stereocenters. The van der Waals surface area contributed by atoms with E-state index in [4.69, 9.17) is 5.73 Å². The van der Waals surface area contributed by atoms with Crippen molar-refractivity contribution < 1.29 is 14.4 Å². The number of hydrogen-bond acceptors (Lipinski definition) is 4. The summed E-state index contributed by atoms with van der Waals surface area (Å²) in [7, 11) is 0. The zero-order chi connectivity index (χ0) is 16.0. The summed E-state index contributed by atoms with van der Waals surface area (Å²) in [6, 6.07) is 0. The zero-order valence-corrected chi connectivity index (χ0v) is 13.2. The van der Waals surface area contributed by atoms with Gasteiger partial charge in [-0.1, -0.05) is 20.8 Å². The molecule has 0 aliphatic carbocycles. The van der Waals surface area contributed by atoms with Crippen LogP contribution in [0.1, 0.15) is 47.5 Å². The van der Waals surface area contributed by atoms with Crippen molar-refractivity contribution in [2.45, 2.75) is 53.0 Å². The van der Waals surface area contributed by atoms with Crippen LogP contribution in [-0.4, -0.2) is 41.8 Å². The molecule has 0 heterocycles. The van der Waals surface area contributed by atoms with Gasteiger partial charge in [-0.25, -0.2) is 0 Å². The number of nitrogens with zero attached hydrogens (tertiary/aromatic N) is 1. The van der Waals surface area contributed by atoms with Crippen LogP contribution >= 0.6 is 0 Å². The largest absolute Gasteiger partial charge is 0.343 e. The number of carbonyl (C=O) groups is 3. The predicted molar refractivity (Wildman–Crippen MR) is 77.7 cm³/mol. The van der Waals surface area contributed by atoms with E-state index >= 15 is 0 Å². The Kier molecular flexibility index (Phi) is 6.85. The van der Waals surface area contributed by atoms with Crippen LogP contribution in [0, 0.1) is 5.41 Å². The van der Waals surface area contributed by atoms with Crippen LogP contribution in [-0.2, 0) is 14.4 Å². The first kappa shape index (κ1) is 18.6. The normalized spacial score (nSPS) is 11.9. The first-order valence-corrected chi connectivity index (χ1v) is 6.81. The molecular weight excluding hydrogens is 258 g/mol. The van der Waals surface area contributed by atoms with E-state index in [9.17, 15) is 14.4 Å². The molecule has 0 saturated carbocycles.